The van der Waals surface area contributed by atoms with Crippen LogP contribution >= 0.6 is 22.9 Å². The lowest BCUT2D eigenvalue weighted by atomic mass is 9.97. The van der Waals surface area contributed by atoms with Crippen molar-refractivity contribution in [2.45, 2.75) is 46.1 Å². The van der Waals surface area contributed by atoms with Crippen molar-refractivity contribution in [3.05, 3.63) is 69.3 Å². The number of carbonyl (C=O) groups is 1. The largest absolute Gasteiger partial charge is 0.338 e. The number of halogens is 1. The molecular weight excluding hydrogens is 414 g/mol. The number of aromatic nitrogens is 2. The number of pyridine rings is 1. The predicted octanol–water partition coefficient (Wildman–Crippen LogP) is 6.29. The van der Waals surface area contributed by atoms with Gasteiger partial charge in [-0.05, 0) is 44.2 Å². The van der Waals surface area contributed by atoms with E-state index in [0.717, 1.165) is 41.2 Å². The highest BCUT2D eigenvalue weighted by molar-refractivity contribution is 7.14. The summed E-state index contributed by atoms with van der Waals surface area (Å²) in [7, 11) is 1.91. The quantitative estimate of drug-likeness (QED) is 0.412. The van der Waals surface area contributed by atoms with Gasteiger partial charge in [-0.25, -0.2) is 4.98 Å². The third-order valence-corrected chi connectivity index (χ3v) is 6.29. The zero-order chi connectivity index (χ0) is 21.7. The van der Waals surface area contributed by atoms with Gasteiger partial charge in [0.1, 0.15) is 4.88 Å². The Labute approximate surface area is 187 Å². The average molecular weight is 442 g/mol. The van der Waals surface area contributed by atoms with Gasteiger partial charge in [0, 0.05) is 30.5 Å². The van der Waals surface area contributed by atoms with Gasteiger partial charge in [0.25, 0.3) is 5.91 Å². The Kier molecular flexibility index (Phi) is 7.62. The summed E-state index contributed by atoms with van der Waals surface area (Å²) in [6.07, 6.45) is 4.27. The lowest BCUT2D eigenvalue weighted by Gasteiger charge is -2.29. The summed E-state index contributed by atoms with van der Waals surface area (Å²) < 4.78 is 0. The van der Waals surface area contributed by atoms with E-state index in [9.17, 15) is 4.79 Å². The molecule has 2 heterocycles. The SMILES string of the molecule is Cc1nc(-c2ccccc2)c(C(=O)N(C)[C@H](CCc2ccc(Cl)cn2)CC(C)C)s1. The first-order valence-electron chi connectivity index (χ1n) is 10.3. The van der Waals surface area contributed by atoms with Crippen LogP contribution in [-0.2, 0) is 6.42 Å². The molecule has 1 amide bonds. The maximum atomic E-state index is 13.5. The van der Waals surface area contributed by atoms with E-state index in [1.807, 2.05) is 61.3 Å². The number of carbonyl (C=O) groups excluding carboxylic acids is 1. The Morgan fingerprint density at radius 2 is 1.90 bits per heavy atom. The van der Waals surface area contributed by atoms with Crippen LogP contribution in [0.3, 0.4) is 0 Å². The van der Waals surface area contributed by atoms with Crippen LogP contribution in [0.2, 0.25) is 5.02 Å². The summed E-state index contributed by atoms with van der Waals surface area (Å²) in [5.41, 5.74) is 2.75. The van der Waals surface area contributed by atoms with Gasteiger partial charge in [-0.2, -0.15) is 0 Å². The molecular formula is C24H28ClN3OS. The van der Waals surface area contributed by atoms with Crippen molar-refractivity contribution in [3.63, 3.8) is 0 Å². The highest BCUT2D eigenvalue weighted by Crippen LogP contribution is 2.30. The average Bonchev–Trinajstić information content (AvgIpc) is 3.13. The molecule has 3 aromatic rings. The molecule has 0 fully saturated rings. The van der Waals surface area contributed by atoms with Crippen molar-refractivity contribution in [2.24, 2.45) is 5.92 Å². The fourth-order valence-electron chi connectivity index (χ4n) is 3.57. The molecule has 30 heavy (non-hydrogen) atoms. The topological polar surface area (TPSA) is 46.1 Å². The van der Waals surface area contributed by atoms with Crippen LogP contribution in [0, 0.1) is 12.8 Å². The number of benzene rings is 1. The second-order valence-corrected chi connectivity index (χ2v) is 9.62. The van der Waals surface area contributed by atoms with Crippen LogP contribution in [0.4, 0.5) is 0 Å². The number of nitrogens with zero attached hydrogens (tertiary/aromatic N) is 3. The van der Waals surface area contributed by atoms with Crippen LogP contribution in [0.1, 0.15) is 47.1 Å². The molecule has 6 heteroatoms. The van der Waals surface area contributed by atoms with E-state index < -0.39 is 0 Å². The van der Waals surface area contributed by atoms with Crippen molar-refractivity contribution in [2.75, 3.05) is 7.05 Å². The minimum Gasteiger partial charge on any atom is -0.338 e. The Morgan fingerprint density at radius 3 is 2.53 bits per heavy atom. The fraction of sp³-hybridized carbons (Fsp3) is 0.375. The zero-order valence-corrected chi connectivity index (χ0v) is 19.5. The third-order valence-electron chi connectivity index (χ3n) is 5.11. The van der Waals surface area contributed by atoms with E-state index in [1.54, 1.807) is 6.20 Å². The molecule has 0 radical (unpaired) electrons. The van der Waals surface area contributed by atoms with E-state index in [0.29, 0.717) is 15.8 Å². The Bertz CT molecular complexity index is 970. The van der Waals surface area contributed by atoms with E-state index in [4.69, 9.17) is 11.6 Å². The molecule has 0 aliphatic carbocycles. The van der Waals surface area contributed by atoms with E-state index in [1.165, 1.54) is 11.3 Å². The highest BCUT2D eigenvalue weighted by Gasteiger charge is 2.26. The van der Waals surface area contributed by atoms with Crippen molar-refractivity contribution < 1.29 is 4.79 Å². The molecule has 1 atom stereocenters. The molecule has 4 nitrogen and oxygen atoms in total. The minimum absolute atomic E-state index is 0.0363. The number of amides is 1. The van der Waals surface area contributed by atoms with Gasteiger partial charge < -0.3 is 4.90 Å². The number of aryl methyl sites for hydroxylation is 2. The number of hydrogen-bond donors (Lipinski definition) is 0. The van der Waals surface area contributed by atoms with Gasteiger partial charge in [0.05, 0.1) is 15.7 Å². The molecule has 0 saturated carbocycles. The van der Waals surface area contributed by atoms with Crippen LogP contribution < -0.4 is 0 Å². The van der Waals surface area contributed by atoms with Gasteiger partial charge in [-0.3, -0.25) is 9.78 Å². The van der Waals surface area contributed by atoms with Gasteiger partial charge >= 0.3 is 0 Å². The van der Waals surface area contributed by atoms with Gasteiger partial charge in [-0.1, -0.05) is 55.8 Å². The highest BCUT2D eigenvalue weighted by atomic mass is 35.5. The molecule has 0 N–H and O–H groups in total. The summed E-state index contributed by atoms with van der Waals surface area (Å²) in [5.74, 6) is 0.523. The van der Waals surface area contributed by atoms with Crippen molar-refractivity contribution >= 4 is 28.8 Å². The van der Waals surface area contributed by atoms with Gasteiger partial charge in [0.2, 0.25) is 0 Å². The van der Waals surface area contributed by atoms with Crippen LogP contribution in [0.15, 0.2) is 48.7 Å². The lowest BCUT2D eigenvalue weighted by Crippen LogP contribution is -2.38. The molecule has 2 aromatic heterocycles. The van der Waals surface area contributed by atoms with E-state index in [2.05, 4.69) is 23.8 Å². The molecule has 0 spiro atoms. The maximum Gasteiger partial charge on any atom is 0.266 e. The van der Waals surface area contributed by atoms with Crippen molar-refractivity contribution in [3.8, 4) is 11.3 Å². The van der Waals surface area contributed by atoms with Crippen LogP contribution in [0.5, 0.6) is 0 Å². The first-order valence-corrected chi connectivity index (χ1v) is 11.4. The maximum absolute atomic E-state index is 13.5. The van der Waals surface area contributed by atoms with E-state index in [-0.39, 0.29) is 11.9 Å². The fourth-order valence-corrected chi connectivity index (χ4v) is 4.61. The molecule has 1 aromatic carbocycles. The first kappa shape index (κ1) is 22.4. The monoisotopic (exact) mass is 441 g/mol. The molecule has 3 rings (SSSR count). The molecule has 0 saturated heterocycles. The predicted molar refractivity (Wildman–Crippen MR) is 125 cm³/mol. The minimum atomic E-state index is 0.0363. The van der Waals surface area contributed by atoms with Crippen molar-refractivity contribution in [1.82, 2.24) is 14.9 Å². The second kappa shape index (κ2) is 10.2. The molecule has 158 valence electrons. The number of hydrogen-bond acceptors (Lipinski definition) is 4. The zero-order valence-electron chi connectivity index (χ0n) is 17.9. The Balaban J connectivity index is 1.81. The van der Waals surface area contributed by atoms with Crippen LogP contribution in [-0.4, -0.2) is 33.9 Å². The number of rotatable bonds is 8. The number of thiazole rings is 1. The van der Waals surface area contributed by atoms with E-state index >= 15 is 0 Å². The van der Waals surface area contributed by atoms with Gasteiger partial charge in [-0.15, -0.1) is 11.3 Å². The normalized spacial score (nSPS) is 12.2. The smallest absolute Gasteiger partial charge is 0.266 e. The molecule has 0 bridgehead atoms. The van der Waals surface area contributed by atoms with Gasteiger partial charge in [0.15, 0.2) is 0 Å². The Morgan fingerprint density at radius 1 is 1.17 bits per heavy atom. The molecule has 0 aliphatic heterocycles. The molecule has 0 aliphatic rings. The summed E-state index contributed by atoms with van der Waals surface area (Å²) in [4.78, 5) is 25.2. The summed E-state index contributed by atoms with van der Waals surface area (Å²) >= 11 is 7.42. The Hall–Kier alpha value is -2.24. The first-order chi connectivity index (χ1) is 14.3. The lowest BCUT2D eigenvalue weighted by molar-refractivity contribution is 0.0710. The standard InChI is InChI=1S/C24H28ClN3OS/c1-16(2)14-21(13-12-20-11-10-19(25)15-26-20)28(4)24(29)23-22(27-17(3)30-23)18-8-6-5-7-9-18/h5-11,15-16,21H,12-14H2,1-4H3/t21-/m1/s1. The van der Waals surface area contributed by atoms with Crippen LogP contribution in [0.25, 0.3) is 11.3 Å². The second-order valence-electron chi connectivity index (χ2n) is 7.98. The summed E-state index contributed by atoms with van der Waals surface area (Å²) in [6, 6.07) is 13.9. The summed E-state index contributed by atoms with van der Waals surface area (Å²) in [6.45, 7) is 6.34. The summed E-state index contributed by atoms with van der Waals surface area (Å²) in [5, 5.41) is 1.54. The third kappa shape index (κ3) is 5.67. The molecule has 0 unspecified atom stereocenters. The van der Waals surface area contributed by atoms with Crippen molar-refractivity contribution in [1.29, 1.82) is 0 Å².